The second-order valence-electron chi connectivity index (χ2n) is 5.75. The Bertz CT molecular complexity index is 992. The van der Waals surface area contributed by atoms with E-state index in [9.17, 15) is 8.42 Å². The minimum atomic E-state index is -3.98. The first kappa shape index (κ1) is 17.2. The monoisotopic (exact) mass is 357 g/mol. The summed E-state index contributed by atoms with van der Waals surface area (Å²) < 4.78 is 36.1. The van der Waals surface area contributed by atoms with E-state index in [0.717, 1.165) is 16.7 Å². The highest BCUT2D eigenvalue weighted by Gasteiger charge is 2.23. The van der Waals surface area contributed by atoms with Crippen LogP contribution in [0.5, 0.6) is 5.88 Å². The number of oxazole rings is 1. The predicted molar refractivity (Wildman–Crippen MR) is 95.0 cm³/mol. The highest BCUT2D eigenvalue weighted by molar-refractivity contribution is 7.87. The van der Waals surface area contributed by atoms with Gasteiger partial charge in [0, 0.05) is 12.0 Å². The molecular weight excluding hydrogens is 338 g/mol. The summed E-state index contributed by atoms with van der Waals surface area (Å²) in [6.45, 7) is 5.63. The molecule has 0 aliphatic rings. The van der Waals surface area contributed by atoms with E-state index in [4.69, 9.17) is 8.60 Å². The molecule has 0 bridgehead atoms. The lowest BCUT2D eigenvalue weighted by Crippen LogP contribution is -2.11. The van der Waals surface area contributed by atoms with Gasteiger partial charge in [0.2, 0.25) is 5.89 Å². The van der Waals surface area contributed by atoms with Crippen molar-refractivity contribution in [1.29, 1.82) is 0 Å². The standard InChI is InChI=1S/C19H19NO4S/c1-4-17-19(20-18(23-17)15-8-6-5-7-9-15)24-25(21,22)16-11-10-13(2)14(3)12-16/h5-12H,4H2,1-3H3. The van der Waals surface area contributed by atoms with E-state index in [0.29, 0.717) is 18.1 Å². The zero-order valence-electron chi connectivity index (χ0n) is 14.3. The fourth-order valence-electron chi connectivity index (χ4n) is 2.35. The average Bonchev–Trinajstić information content (AvgIpc) is 3.00. The van der Waals surface area contributed by atoms with E-state index < -0.39 is 10.1 Å². The molecule has 2 aromatic carbocycles. The predicted octanol–water partition coefficient (Wildman–Crippen LogP) is 4.29. The molecular formula is C19H19NO4S. The molecule has 1 heterocycles. The third-order valence-electron chi connectivity index (χ3n) is 3.96. The third-order valence-corrected chi connectivity index (χ3v) is 5.17. The summed E-state index contributed by atoms with van der Waals surface area (Å²) in [6, 6.07) is 14.2. The summed E-state index contributed by atoms with van der Waals surface area (Å²) in [7, 11) is -3.98. The van der Waals surface area contributed by atoms with Crippen LogP contribution in [0.4, 0.5) is 0 Å². The first-order chi connectivity index (χ1) is 11.9. The Morgan fingerprint density at radius 2 is 1.76 bits per heavy atom. The molecule has 25 heavy (non-hydrogen) atoms. The molecule has 0 aliphatic heterocycles. The molecule has 0 radical (unpaired) electrons. The fraction of sp³-hybridized carbons (Fsp3) is 0.211. The van der Waals surface area contributed by atoms with E-state index in [2.05, 4.69) is 4.98 Å². The van der Waals surface area contributed by atoms with E-state index in [1.165, 1.54) is 6.07 Å². The molecule has 0 unspecified atom stereocenters. The molecule has 130 valence electrons. The largest absolute Gasteiger partial charge is 0.437 e. The van der Waals surface area contributed by atoms with Crippen LogP contribution in [-0.2, 0) is 16.5 Å². The SMILES string of the molecule is CCc1oc(-c2ccccc2)nc1OS(=O)(=O)c1ccc(C)c(C)c1. The number of hydrogen-bond acceptors (Lipinski definition) is 5. The van der Waals surface area contributed by atoms with Gasteiger partial charge in [0.05, 0.1) is 0 Å². The number of rotatable bonds is 5. The van der Waals surface area contributed by atoms with Crippen molar-refractivity contribution in [2.45, 2.75) is 32.1 Å². The Labute approximate surface area is 147 Å². The van der Waals surface area contributed by atoms with Gasteiger partial charge < -0.3 is 8.60 Å². The third kappa shape index (κ3) is 3.58. The van der Waals surface area contributed by atoms with Crippen LogP contribution in [0.3, 0.4) is 0 Å². The molecule has 0 saturated heterocycles. The van der Waals surface area contributed by atoms with E-state index in [1.807, 2.05) is 51.1 Å². The second kappa shape index (κ2) is 6.72. The molecule has 6 heteroatoms. The van der Waals surface area contributed by atoms with Crippen molar-refractivity contribution in [1.82, 2.24) is 4.98 Å². The summed E-state index contributed by atoms with van der Waals surface area (Å²) in [5, 5.41) is 0. The van der Waals surface area contributed by atoms with Crippen molar-refractivity contribution in [3.8, 4) is 17.3 Å². The lowest BCUT2D eigenvalue weighted by atomic mass is 10.1. The van der Waals surface area contributed by atoms with Crippen LogP contribution in [0, 0.1) is 13.8 Å². The van der Waals surface area contributed by atoms with Crippen LogP contribution < -0.4 is 4.18 Å². The maximum absolute atomic E-state index is 12.6. The first-order valence-corrected chi connectivity index (χ1v) is 9.38. The highest BCUT2D eigenvalue weighted by Crippen LogP contribution is 2.29. The van der Waals surface area contributed by atoms with Gasteiger partial charge in [-0.1, -0.05) is 31.2 Å². The van der Waals surface area contributed by atoms with Gasteiger partial charge in [-0.05, 0) is 49.2 Å². The van der Waals surface area contributed by atoms with Gasteiger partial charge in [0.1, 0.15) is 4.90 Å². The van der Waals surface area contributed by atoms with Gasteiger partial charge in [-0.3, -0.25) is 0 Å². The van der Waals surface area contributed by atoms with Gasteiger partial charge in [-0.25, -0.2) is 0 Å². The average molecular weight is 357 g/mol. The minimum absolute atomic E-state index is 0.0143. The van der Waals surface area contributed by atoms with Crippen LogP contribution in [0.1, 0.15) is 23.8 Å². The first-order valence-electron chi connectivity index (χ1n) is 7.97. The summed E-state index contributed by atoms with van der Waals surface area (Å²) in [6.07, 6.45) is 0.470. The number of nitrogens with zero attached hydrogens (tertiary/aromatic N) is 1. The van der Waals surface area contributed by atoms with Crippen molar-refractivity contribution in [2.24, 2.45) is 0 Å². The zero-order valence-corrected chi connectivity index (χ0v) is 15.1. The Morgan fingerprint density at radius 1 is 1.04 bits per heavy atom. The quantitative estimate of drug-likeness (QED) is 0.637. The van der Waals surface area contributed by atoms with Crippen LogP contribution in [-0.4, -0.2) is 13.4 Å². The lowest BCUT2D eigenvalue weighted by Gasteiger charge is -2.07. The highest BCUT2D eigenvalue weighted by atomic mass is 32.2. The van der Waals surface area contributed by atoms with Gasteiger partial charge >= 0.3 is 10.1 Å². The fourth-order valence-corrected chi connectivity index (χ4v) is 3.34. The second-order valence-corrected chi connectivity index (χ2v) is 7.30. The molecule has 5 nitrogen and oxygen atoms in total. The molecule has 0 spiro atoms. The van der Waals surface area contributed by atoms with E-state index in [-0.39, 0.29) is 10.8 Å². The maximum Gasteiger partial charge on any atom is 0.340 e. The molecule has 3 rings (SSSR count). The minimum Gasteiger partial charge on any atom is -0.437 e. The van der Waals surface area contributed by atoms with Gasteiger partial charge in [0.25, 0.3) is 5.88 Å². The number of hydrogen-bond donors (Lipinski definition) is 0. The molecule has 0 aliphatic carbocycles. The summed E-state index contributed by atoms with van der Waals surface area (Å²) in [4.78, 5) is 4.33. The molecule has 0 N–H and O–H groups in total. The van der Waals surface area contributed by atoms with Crippen molar-refractivity contribution < 1.29 is 17.0 Å². The van der Waals surface area contributed by atoms with Crippen LogP contribution in [0.25, 0.3) is 11.5 Å². The Hall–Kier alpha value is -2.60. The molecule has 0 fully saturated rings. The van der Waals surface area contributed by atoms with E-state index >= 15 is 0 Å². The molecule has 0 amide bonds. The van der Waals surface area contributed by atoms with Gasteiger partial charge in [0.15, 0.2) is 5.76 Å². The van der Waals surface area contributed by atoms with Crippen LogP contribution in [0.2, 0.25) is 0 Å². The van der Waals surface area contributed by atoms with Crippen LogP contribution in [0.15, 0.2) is 57.8 Å². The molecule has 0 atom stereocenters. The van der Waals surface area contributed by atoms with Crippen molar-refractivity contribution >= 4 is 10.1 Å². The number of benzene rings is 2. The summed E-state index contributed by atoms with van der Waals surface area (Å²) >= 11 is 0. The molecule has 0 saturated carbocycles. The normalized spacial score (nSPS) is 11.5. The Kier molecular flexibility index (Phi) is 4.63. The van der Waals surface area contributed by atoms with Crippen molar-refractivity contribution in [3.05, 3.63) is 65.4 Å². The van der Waals surface area contributed by atoms with Gasteiger partial charge in [-0.15, -0.1) is 0 Å². The van der Waals surface area contributed by atoms with E-state index in [1.54, 1.807) is 12.1 Å². The Balaban J connectivity index is 1.96. The molecule has 1 aromatic heterocycles. The Morgan fingerprint density at radius 3 is 2.40 bits per heavy atom. The molecule has 3 aromatic rings. The van der Waals surface area contributed by atoms with Gasteiger partial charge in [-0.2, -0.15) is 13.4 Å². The van der Waals surface area contributed by atoms with Crippen molar-refractivity contribution in [2.75, 3.05) is 0 Å². The summed E-state index contributed by atoms with van der Waals surface area (Å²) in [5.74, 6) is 0.716. The zero-order chi connectivity index (χ0) is 18.0. The smallest absolute Gasteiger partial charge is 0.340 e. The number of aryl methyl sites for hydroxylation is 3. The summed E-state index contributed by atoms with van der Waals surface area (Å²) in [5.41, 5.74) is 2.65. The maximum atomic E-state index is 12.6. The van der Waals surface area contributed by atoms with Crippen LogP contribution >= 0.6 is 0 Å². The van der Waals surface area contributed by atoms with Crippen molar-refractivity contribution in [3.63, 3.8) is 0 Å². The number of aromatic nitrogens is 1. The lowest BCUT2D eigenvalue weighted by molar-refractivity contribution is 0.458. The topological polar surface area (TPSA) is 69.4 Å².